The van der Waals surface area contributed by atoms with Crippen LogP contribution in [0.3, 0.4) is 0 Å². The summed E-state index contributed by atoms with van der Waals surface area (Å²) in [6, 6.07) is 7.06. The lowest BCUT2D eigenvalue weighted by molar-refractivity contribution is -0.121. The van der Waals surface area contributed by atoms with Gasteiger partial charge in [0.2, 0.25) is 5.91 Å². The SMILES string of the molecule is CC(C)C(CN(C)C)NC(=O)Cc1ccccc1O. The number of hydrogen-bond donors (Lipinski definition) is 2. The first-order valence-electron chi connectivity index (χ1n) is 6.61. The molecule has 106 valence electrons. The summed E-state index contributed by atoms with van der Waals surface area (Å²) in [7, 11) is 3.98. The van der Waals surface area contributed by atoms with E-state index in [-0.39, 0.29) is 24.1 Å². The van der Waals surface area contributed by atoms with Crippen LogP contribution in [0.25, 0.3) is 0 Å². The molecule has 4 heteroatoms. The summed E-state index contributed by atoms with van der Waals surface area (Å²) in [6.07, 6.45) is 0.212. The molecule has 1 aromatic carbocycles. The second kappa shape index (κ2) is 7.14. The lowest BCUT2D eigenvalue weighted by Gasteiger charge is -2.25. The summed E-state index contributed by atoms with van der Waals surface area (Å²) in [4.78, 5) is 14.1. The molecule has 0 spiro atoms. The maximum absolute atomic E-state index is 12.0. The zero-order valence-corrected chi connectivity index (χ0v) is 12.2. The predicted molar refractivity (Wildman–Crippen MR) is 77.1 cm³/mol. The highest BCUT2D eigenvalue weighted by Gasteiger charge is 2.17. The Morgan fingerprint density at radius 2 is 1.95 bits per heavy atom. The van der Waals surface area contributed by atoms with E-state index in [1.54, 1.807) is 18.2 Å². The highest BCUT2D eigenvalue weighted by molar-refractivity contribution is 5.79. The number of likely N-dealkylation sites (N-methyl/N-ethyl adjacent to an activating group) is 1. The Morgan fingerprint density at radius 3 is 2.47 bits per heavy atom. The molecule has 0 saturated heterocycles. The fourth-order valence-electron chi connectivity index (χ4n) is 1.91. The summed E-state index contributed by atoms with van der Waals surface area (Å²) in [5.74, 6) is 0.490. The molecule has 2 N–H and O–H groups in total. The van der Waals surface area contributed by atoms with Crippen molar-refractivity contribution in [1.82, 2.24) is 10.2 Å². The monoisotopic (exact) mass is 264 g/mol. The second-order valence-electron chi connectivity index (χ2n) is 5.49. The van der Waals surface area contributed by atoms with Crippen LogP contribution < -0.4 is 5.32 Å². The van der Waals surface area contributed by atoms with Crippen molar-refractivity contribution < 1.29 is 9.90 Å². The van der Waals surface area contributed by atoms with E-state index in [0.717, 1.165) is 6.54 Å². The minimum atomic E-state index is -0.0537. The van der Waals surface area contributed by atoms with Crippen molar-refractivity contribution >= 4 is 5.91 Å². The topological polar surface area (TPSA) is 52.6 Å². The van der Waals surface area contributed by atoms with E-state index >= 15 is 0 Å². The number of nitrogens with one attached hydrogen (secondary N) is 1. The quantitative estimate of drug-likeness (QED) is 0.821. The standard InChI is InChI=1S/C15H24N2O2/c1-11(2)13(10-17(3)4)16-15(19)9-12-7-5-6-8-14(12)18/h5-8,11,13,18H,9-10H2,1-4H3,(H,16,19). The molecule has 1 aromatic rings. The van der Waals surface area contributed by atoms with Crippen LogP contribution in [0.2, 0.25) is 0 Å². The molecule has 0 fully saturated rings. The number of rotatable bonds is 6. The van der Waals surface area contributed by atoms with Gasteiger partial charge in [-0.05, 0) is 26.1 Å². The molecule has 0 aliphatic carbocycles. The molecular weight excluding hydrogens is 240 g/mol. The van der Waals surface area contributed by atoms with E-state index in [0.29, 0.717) is 11.5 Å². The molecular formula is C15H24N2O2. The highest BCUT2D eigenvalue weighted by Crippen LogP contribution is 2.16. The van der Waals surface area contributed by atoms with Crippen LogP contribution in [0.15, 0.2) is 24.3 Å². The van der Waals surface area contributed by atoms with E-state index in [2.05, 4.69) is 24.1 Å². The molecule has 0 bridgehead atoms. The highest BCUT2D eigenvalue weighted by atomic mass is 16.3. The van der Waals surface area contributed by atoms with Crippen LogP contribution in [-0.4, -0.2) is 42.6 Å². The molecule has 4 nitrogen and oxygen atoms in total. The van der Waals surface area contributed by atoms with Crippen molar-refractivity contribution in [2.45, 2.75) is 26.3 Å². The van der Waals surface area contributed by atoms with Crippen LogP contribution >= 0.6 is 0 Å². The first-order chi connectivity index (χ1) is 8.90. The van der Waals surface area contributed by atoms with E-state index in [9.17, 15) is 9.90 Å². The number of phenols is 1. The first kappa shape index (κ1) is 15.5. The van der Waals surface area contributed by atoms with Gasteiger partial charge in [0.1, 0.15) is 5.75 Å². The van der Waals surface area contributed by atoms with Crippen molar-refractivity contribution in [3.63, 3.8) is 0 Å². The van der Waals surface area contributed by atoms with Crippen LogP contribution in [0.5, 0.6) is 5.75 Å². The van der Waals surface area contributed by atoms with E-state index in [1.165, 1.54) is 0 Å². The van der Waals surface area contributed by atoms with Gasteiger partial charge < -0.3 is 15.3 Å². The third-order valence-corrected chi connectivity index (χ3v) is 3.06. The van der Waals surface area contributed by atoms with Gasteiger partial charge in [-0.15, -0.1) is 0 Å². The van der Waals surface area contributed by atoms with E-state index in [1.807, 2.05) is 20.2 Å². The number of aromatic hydroxyl groups is 1. The second-order valence-corrected chi connectivity index (χ2v) is 5.49. The zero-order valence-electron chi connectivity index (χ0n) is 12.2. The van der Waals surface area contributed by atoms with Gasteiger partial charge in [-0.1, -0.05) is 32.0 Å². The Bertz CT molecular complexity index is 416. The molecule has 1 unspecified atom stereocenters. The van der Waals surface area contributed by atoms with Crippen LogP contribution in [0, 0.1) is 5.92 Å². The number of phenolic OH excluding ortho intramolecular Hbond substituents is 1. The Kier molecular flexibility index (Phi) is 5.83. The molecule has 0 aromatic heterocycles. The molecule has 19 heavy (non-hydrogen) atoms. The molecule has 0 aliphatic rings. The average Bonchev–Trinajstić information content (AvgIpc) is 2.30. The smallest absolute Gasteiger partial charge is 0.224 e. The number of hydrogen-bond acceptors (Lipinski definition) is 3. The van der Waals surface area contributed by atoms with Gasteiger partial charge in [-0.3, -0.25) is 4.79 Å². The van der Waals surface area contributed by atoms with Crippen LogP contribution in [-0.2, 0) is 11.2 Å². The average molecular weight is 264 g/mol. The maximum Gasteiger partial charge on any atom is 0.224 e. The summed E-state index contributed by atoms with van der Waals surface area (Å²) in [5.41, 5.74) is 0.660. The number of amides is 1. The van der Waals surface area contributed by atoms with Crippen molar-refractivity contribution in [1.29, 1.82) is 0 Å². The number of carbonyl (C=O) groups is 1. The first-order valence-corrected chi connectivity index (χ1v) is 6.61. The Balaban J connectivity index is 2.60. The minimum Gasteiger partial charge on any atom is -0.508 e. The Morgan fingerprint density at radius 1 is 1.32 bits per heavy atom. The largest absolute Gasteiger partial charge is 0.508 e. The van der Waals surface area contributed by atoms with Crippen molar-refractivity contribution in [2.75, 3.05) is 20.6 Å². The van der Waals surface area contributed by atoms with Gasteiger partial charge in [-0.25, -0.2) is 0 Å². The minimum absolute atomic E-state index is 0.0537. The lowest BCUT2D eigenvalue weighted by Crippen LogP contribution is -2.45. The molecule has 1 amide bonds. The van der Waals surface area contributed by atoms with Gasteiger partial charge in [0.05, 0.1) is 6.42 Å². The third kappa shape index (κ3) is 5.30. The molecule has 1 atom stereocenters. The van der Waals surface area contributed by atoms with Gasteiger partial charge in [0.25, 0.3) is 0 Å². The van der Waals surface area contributed by atoms with Gasteiger partial charge >= 0.3 is 0 Å². The van der Waals surface area contributed by atoms with Crippen molar-refractivity contribution in [2.24, 2.45) is 5.92 Å². The zero-order chi connectivity index (χ0) is 14.4. The summed E-state index contributed by atoms with van der Waals surface area (Å²) in [6.45, 7) is 4.99. The Labute approximate surface area is 115 Å². The summed E-state index contributed by atoms with van der Waals surface area (Å²) >= 11 is 0. The lowest BCUT2D eigenvalue weighted by atomic mass is 10.0. The van der Waals surface area contributed by atoms with Crippen molar-refractivity contribution in [3.8, 4) is 5.75 Å². The fraction of sp³-hybridized carbons (Fsp3) is 0.533. The van der Waals surface area contributed by atoms with Gasteiger partial charge in [0, 0.05) is 18.2 Å². The van der Waals surface area contributed by atoms with E-state index in [4.69, 9.17) is 0 Å². The summed E-state index contributed by atoms with van der Waals surface area (Å²) < 4.78 is 0. The molecule has 0 radical (unpaired) electrons. The molecule has 0 heterocycles. The van der Waals surface area contributed by atoms with Crippen molar-refractivity contribution in [3.05, 3.63) is 29.8 Å². The van der Waals surface area contributed by atoms with Crippen LogP contribution in [0.4, 0.5) is 0 Å². The number of benzene rings is 1. The number of carbonyl (C=O) groups excluding carboxylic acids is 1. The van der Waals surface area contributed by atoms with E-state index < -0.39 is 0 Å². The normalized spacial score (nSPS) is 12.7. The Hall–Kier alpha value is -1.55. The summed E-state index contributed by atoms with van der Waals surface area (Å²) in [5, 5.41) is 12.7. The molecule has 0 saturated carbocycles. The number of nitrogens with zero attached hydrogens (tertiary/aromatic N) is 1. The fourth-order valence-corrected chi connectivity index (χ4v) is 1.91. The maximum atomic E-state index is 12.0. The third-order valence-electron chi connectivity index (χ3n) is 3.06. The van der Waals surface area contributed by atoms with Gasteiger partial charge in [0.15, 0.2) is 0 Å². The molecule has 0 aliphatic heterocycles. The van der Waals surface area contributed by atoms with Gasteiger partial charge in [-0.2, -0.15) is 0 Å². The van der Waals surface area contributed by atoms with Crippen LogP contribution in [0.1, 0.15) is 19.4 Å². The predicted octanol–water partition coefficient (Wildman–Crippen LogP) is 1.64. The molecule has 1 rings (SSSR count). The number of para-hydroxylation sites is 1.